The third-order valence-electron chi connectivity index (χ3n) is 2.37. The third-order valence-corrected chi connectivity index (χ3v) is 3.79. The molecule has 1 saturated carbocycles. The minimum atomic E-state index is 0.472. The molecule has 1 unspecified atom stereocenters. The highest BCUT2D eigenvalue weighted by Gasteiger charge is 2.41. The quantitative estimate of drug-likeness (QED) is 0.648. The molecule has 0 aliphatic heterocycles. The highest BCUT2D eigenvalue weighted by atomic mass is 32.2. The number of rotatable bonds is 5. The molecule has 0 amide bonds. The predicted octanol–water partition coefficient (Wildman–Crippen LogP) is 0.819. The summed E-state index contributed by atoms with van der Waals surface area (Å²) in [5, 5.41) is 3.44. The Morgan fingerprint density at radius 2 is 2.27 bits per heavy atom. The Balaban J connectivity index is 2.11. The first kappa shape index (κ1) is 9.36. The van der Waals surface area contributed by atoms with Gasteiger partial charge in [0, 0.05) is 23.9 Å². The van der Waals surface area contributed by atoms with Crippen LogP contribution < -0.4 is 11.1 Å². The van der Waals surface area contributed by atoms with Crippen LogP contribution in [0.1, 0.15) is 19.8 Å². The lowest BCUT2D eigenvalue weighted by Crippen LogP contribution is -2.38. The molecule has 1 atom stereocenters. The molecule has 1 aliphatic carbocycles. The van der Waals surface area contributed by atoms with Gasteiger partial charge in [-0.1, -0.05) is 0 Å². The van der Waals surface area contributed by atoms with Crippen LogP contribution >= 0.6 is 11.8 Å². The molecule has 0 spiro atoms. The van der Waals surface area contributed by atoms with Crippen molar-refractivity contribution in [3.05, 3.63) is 0 Å². The van der Waals surface area contributed by atoms with Gasteiger partial charge in [-0.15, -0.1) is 0 Å². The van der Waals surface area contributed by atoms with Gasteiger partial charge >= 0.3 is 0 Å². The Morgan fingerprint density at radius 1 is 1.64 bits per heavy atom. The van der Waals surface area contributed by atoms with Gasteiger partial charge < -0.3 is 11.1 Å². The van der Waals surface area contributed by atoms with Gasteiger partial charge in [-0.05, 0) is 26.0 Å². The number of nitrogens with two attached hydrogens (primary N) is 1. The van der Waals surface area contributed by atoms with Gasteiger partial charge in [-0.25, -0.2) is 0 Å². The summed E-state index contributed by atoms with van der Waals surface area (Å²) in [5.41, 5.74) is 5.49. The van der Waals surface area contributed by atoms with Gasteiger partial charge in [0.15, 0.2) is 0 Å². The van der Waals surface area contributed by atoms with Crippen molar-refractivity contribution in [2.75, 3.05) is 19.3 Å². The summed E-state index contributed by atoms with van der Waals surface area (Å²) in [6, 6.07) is 0.472. The van der Waals surface area contributed by atoms with Gasteiger partial charge in [0.25, 0.3) is 0 Å². The maximum Gasteiger partial charge on any atom is 0.0282 e. The summed E-state index contributed by atoms with van der Waals surface area (Å²) < 4.78 is 0.573. The topological polar surface area (TPSA) is 38.0 Å². The van der Waals surface area contributed by atoms with Crippen LogP contribution in [0.4, 0.5) is 0 Å². The summed E-state index contributed by atoms with van der Waals surface area (Å²) in [6.45, 7) is 4.01. The molecular weight excluding hydrogens is 156 g/mol. The zero-order valence-corrected chi connectivity index (χ0v) is 8.21. The molecule has 3 N–H and O–H groups in total. The molecule has 0 heterocycles. The molecule has 0 bridgehead atoms. The Hall–Kier alpha value is 0.270. The van der Waals surface area contributed by atoms with Crippen LogP contribution in [0.2, 0.25) is 0 Å². The van der Waals surface area contributed by atoms with Crippen molar-refractivity contribution in [3.8, 4) is 0 Å². The van der Waals surface area contributed by atoms with Gasteiger partial charge in [0.2, 0.25) is 0 Å². The number of hydrogen-bond donors (Lipinski definition) is 2. The van der Waals surface area contributed by atoms with E-state index in [0.717, 1.165) is 13.1 Å². The average Bonchev–Trinajstić information content (AvgIpc) is 2.81. The predicted molar refractivity (Wildman–Crippen MR) is 52.0 cm³/mol. The van der Waals surface area contributed by atoms with Crippen molar-refractivity contribution in [1.82, 2.24) is 5.32 Å². The molecule has 1 rings (SSSR count). The first-order chi connectivity index (χ1) is 5.22. The lowest BCUT2D eigenvalue weighted by atomic mass is 10.3. The number of thioether (sulfide) groups is 1. The van der Waals surface area contributed by atoms with E-state index >= 15 is 0 Å². The lowest BCUT2D eigenvalue weighted by molar-refractivity contribution is 0.548. The van der Waals surface area contributed by atoms with E-state index in [4.69, 9.17) is 5.73 Å². The van der Waals surface area contributed by atoms with E-state index < -0.39 is 0 Å². The average molecular weight is 174 g/mol. The minimum absolute atomic E-state index is 0.472. The molecule has 1 fully saturated rings. The van der Waals surface area contributed by atoms with Crippen molar-refractivity contribution >= 4 is 11.8 Å². The van der Waals surface area contributed by atoms with E-state index in [-0.39, 0.29) is 0 Å². The van der Waals surface area contributed by atoms with Crippen LogP contribution in [0.5, 0.6) is 0 Å². The SMILES string of the molecule is CSC1(CNC(C)CN)CC1. The van der Waals surface area contributed by atoms with Gasteiger partial charge in [0.05, 0.1) is 0 Å². The van der Waals surface area contributed by atoms with E-state index in [0.29, 0.717) is 10.8 Å². The molecule has 66 valence electrons. The standard InChI is InChI=1S/C8H18N2S/c1-7(5-9)10-6-8(11-2)3-4-8/h7,10H,3-6,9H2,1-2H3. The molecule has 0 aromatic rings. The van der Waals surface area contributed by atoms with E-state index in [1.807, 2.05) is 11.8 Å². The van der Waals surface area contributed by atoms with Gasteiger partial charge in [-0.3, -0.25) is 0 Å². The van der Waals surface area contributed by atoms with Crippen molar-refractivity contribution in [2.45, 2.75) is 30.6 Å². The Bertz CT molecular complexity index is 123. The zero-order chi connectivity index (χ0) is 8.32. The fraction of sp³-hybridized carbons (Fsp3) is 1.00. The van der Waals surface area contributed by atoms with Crippen LogP contribution in [0.3, 0.4) is 0 Å². The van der Waals surface area contributed by atoms with E-state index in [2.05, 4.69) is 18.5 Å². The van der Waals surface area contributed by atoms with Crippen molar-refractivity contribution in [3.63, 3.8) is 0 Å². The monoisotopic (exact) mass is 174 g/mol. The molecule has 0 aromatic heterocycles. The molecule has 0 aromatic carbocycles. The smallest absolute Gasteiger partial charge is 0.0282 e. The number of hydrogen-bond acceptors (Lipinski definition) is 3. The van der Waals surface area contributed by atoms with Crippen LogP contribution in [0, 0.1) is 0 Å². The second-order valence-electron chi connectivity index (χ2n) is 3.40. The fourth-order valence-electron chi connectivity index (χ4n) is 1.04. The number of nitrogens with one attached hydrogen (secondary N) is 1. The Morgan fingerprint density at radius 3 is 2.64 bits per heavy atom. The van der Waals surface area contributed by atoms with Crippen LogP contribution in [-0.4, -0.2) is 30.1 Å². The van der Waals surface area contributed by atoms with Crippen molar-refractivity contribution in [2.24, 2.45) is 5.73 Å². The first-order valence-electron chi connectivity index (χ1n) is 4.21. The first-order valence-corrected chi connectivity index (χ1v) is 5.43. The largest absolute Gasteiger partial charge is 0.329 e. The molecule has 3 heteroatoms. The summed E-state index contributed by atoms with van der Waals surface area (Å²) >= 11 is 1.99. The van der Waals surface area contributed by atoms with E-state index in [1.165, 1.54) is 12.8 Å². The molecular formula is C8H18N2S. The second kappa shape index (κ2) is 3.78. The van der Waals surface area contributed by atoms with Crippen molar-refractivity contribution in [1.29, 1.82) is 0 Å². The summed E-state index contributed by atoms with van der Waals surface area (Å²) in [6.07, 6.45) is 4.94. The van der Waals surface area contributed by atoms with E-state index in [1.54, 1.807) is 0 Å². The maximum absolute atomic E-state index is 5.49. The molecule has 2 nitrogen and oxygen atoms in total. The van der Waals surface area contributed by atoms with Crippen LogP contribution in [0.25, 0.3) is 0 Å². The van der Waals surface area contributed by atoms with Crippen LogP contribution in [-0.2, 0) is 0 Å². The molecule has 1 aliphatic rings. The fourth-order valence-corrected chi connectivity index (χ4v) is 1.77. The Kier molecular flexibility index (Phi) is 3.22. The minimum Gasteiger partial charge on any atom is -0.329 e. The van der Waals surface area contributed by atoms with Crippen LogP contribution in [0.15, 0.2) is 0 Å². The van der Waals surface area contributed by atoms with E-state index in [9.17, 15) is 0 Å². The highest BCUT2D eigenvalue weighted by molar-refractivity contribution is 8.00. The maximum atomic E-state index is 5.49. The summed E-state index contributed by atoms with van der Waals surface area (Å²) in [5.74, 6) is 0. The molecule has 0 saturated heterocycles. The second-order valence-corrected chi connectivity index (χ2v) is 4.68. The lowest BCUT2D eigenvalue weighted by Gasteiger charge is -2.16. The highest BCUT2D eigenvalue weighted by Crippen LogP contribution is 2.46. The molecule has 0 radical (unpaired) electrons. The van der Waals surface area contributed by atoms with Gasteiger partial charge in [0.1, 0.15) is 0 Å². The summed E-state index contributed by atoms with van der Waals surface area (Å²) in [7, 11) is 0. The zero-order valence-electron chi connectivity index (χ0n) is 7.39. The normalized spacial score (nSPS) is 23.2. The molecule has 11 heavy (non-hydrogen) atoms. The summed E-state index contributed by atoms with van der Waals surface area (Å²) in [4.78, 5) is 0. The van der Waals surface area contributed by atoms with Gasteiger partial charge in [-0.2, -0.15) is 11.8 Å². The third kappa shape index (κ3) is 2.65. The van der Waals surface area contributed by atoms with Crippen molar-refractivity contribution < 1.29 is 0 Å². The Labute approximate surface area is 73.3 Å².